The number of nitrogens with zero attached hydrogens (tertiary/aromatic N) is 3. The Morgan fingerprint density at radius 2 is 2.04 bits per heavy atom. The number of rotatable bonds is 6. The van der Waals surface area contributed by atoms with Crippen LogP contribution in [-0.2, 0) is 9.53 Å². The summed E-state index contributed by atoms with van der Waals surface area (Å²) >= 11 is 0. The fraction of sp³-hybridized carbons (Fsp3) is 0.526. The van der Waals surface area contributed by atoms with Crippen LogP contribution in [0.25, 0.3) is 10.9 Å². The summed E-state index contributed by atoms with van der Waals surface area (Å²) in [6.07, 6.45) is 0. The first-order valence-corrected chi connectivity index (χ1v) is 9.27. The van der Waals surface area contributed by atoms with E-state index in [0.717, 1.165) is 0 Å². The number of nitrogens with one attached hydrogen (secondary N) is 1. The molecule has 2 heterocycles. The van der Waals surface area contributed by atoms with Crippen molar-refractivity contribution in [3.63, 3.8) is 0 Å². The van der Waals surface area contributed by atoms with E-state index in [-0.39, 0.29) is 24.1 Å². The summed E-state index contributed by atoms with van der Waals surface area (Å²) in [5.41, 5.74) is 0.226. The van der Waals surface area contributed by atoms with Crippen molar-refractivity contribution in [3.8, 4) is 11.5 Å². The van der Waals surface area contributed by atoms with Crippen molar-refractivity contribution in [1.82, 2.24) is 14.5 Å². The van der Waals surface area contributed by atoms with E-state index in [1.807, 2.05) is 13.8 Å². The molecule has 1 saturated heterocycles. The number of morpholine rings is 1. The maximum atomic E-state index is 12.9. The number of amides is 1. The molecule has 3 rings (SSSR count). The van der Waals surface area contributed by atoms with E-state index in [1.165, 1.54) is 7.11 Å². The summed E-state index contributed by atoms with van der Waals surface area (Å²) in [7, 11) is 3.19. The van der Waals surface area contributed by atoms with Crippen LogP contribution in [0, 0.1) is 0 Å². The van der Waals surface area contributed by atoms with Gasteiger partial charge in [-0.1, -0.05) is 0 Å². The predicted molar refractivity (Wildman–Crippen MR) is 105 cm³/mol. The Morgan fingerprint density at radius 1 is 1.32 bits per heavy atom. The third-order valence-electron chi connectivity index (χ3n) is 4.65. The first kappa shape index (κ1) is 19.9. The van der Waals surface area contributed by atoms with Gasteiger partial charge in [0.2, 0.25) is 5.95 Å². The van der Waals surface area contributed by atoms with Gasteiger partial charge in [0.05, 0.1) is 25.7 Å². The van der Waals surface area contributed by atoms with Gasteiger partial charge in [-0.2, -0.15) is 0 Å². The van der Waals surface area contributed by atoms with Crippen molar-refractivity contribution in [2.75, 3.05) is 52.4 Å². The molecule has 0 unspecified atom stereocenters. The molecule has 1 N–H and O–H groups in total. The molecule has 1 aliphatic rings. The van der Waals surface area contributed by atoms with Gasteiger partial charge in [0, 0.05) is 26.2 Å². The van der Waals surface area contributed by atoms with Crippen LogP contribution < -0.4 is 20.3 Å². The van der Waals surface area contributed by atoms with Crippen LogP contribution >= 0.6 is 0 Å². The number of carbonyl (C=O) groups is 1. The topological polar surface area (TPSA) is 94.9 Å². The van der Waals surface area contributed by atoms with E-state index in [2.05, 4.69) is 10.3 Å². The van der Waals surface area contributed by atoms with Gasteiger partial charge >= 0.3 is 0 Å². The third-order valence-corrected chi connectivity index (χ3v) is 4.65. The van der Waals surface area contributed by atoms with Gasteiger partial charge in [-0.05, 0) is 26.0 Å². The molecule has 152 valence electrons. The summed E-state index contributed by atoms with van der Waals surface area (Å²) in [6.45, 7) is 5.89. The lowest BCUT2D eigenvalue weighted by atomic mass is 10.2. The maximum absolute atomic E-state index is 12.9. The second-order valence-corrected chi connectivity index (χ2v) is 6.73. The molecule has 2 aromatic rings. The number of anilines is 1. The summed E-state index contributed by atoms with van der Waals surface area (Å²) in [6, 6.07) is 3.24. The van der Waals surface area contributed by atoms with Crippen molar-refractivity contribution in [2.45, 2.75) is 19.9 Å². The molecule has 0 atom stereocenters. The predicted octanol–water partition coefficient (Wildman–Crippen LogP) is 1.27. The zero-order chi connectivity index (χ0) is 20.3. The van der Waals surface area contributed by atoms with Crippen LogP contribution in [0.1, 0.15) is 19.9 Å². The van der Waals surface area contributed by atoms with Crippen molar-refractivity contribution in [2.24, 2.45) is 0 Å². The minimum Gasteiger partial charge on any atom is -0.491 e. The number of aromatic nitrogens is 2. The first-order valence-electron chi connectivity index (χ1n) is 9.27. The van der Waals surface area contributed by atoms with Crippen LogP contribution in [-0.4, -0.2) is 67.4 Å². The van der Waals surface area contributed by atoms with Crippen molar-refractivity contribution in [1.29, 1.82) is 0 Å². The molecule has 1 aromatic carbocycles. The van der Waals surface area contributed by atoms with Gasteiger partial charge in [-0.15, -0.1) is 0 Å². The standard InChI is InChI=1S/C19H26N4O5/c1-12(2)23-18(25)13-5-6-14(17(26-4)16(13)21-19(23)20-3)28-11-15(24)22-7-9-27-10-8-22/h5-6,12H,7-11H2,1-4H3,(H,20,21). The SMILES string of the molecule is CNc1nc2c(OC)c(OCC(=O)N3CCOCC3)ccc2c(=O)n1C(C)C. The van der Waals surface area contributed by atoms with E-state index < -0.39 is 0 Å². The Kier molecular flexibility index (Phi) is 6.03. The summed E-state index contributed by atoms with van der Waals surface area (Å²) in [4.78, 5) is 31.5. The lowest BCUT2D eigenvalue weighted by Gasteiger charge is -2.26. The van der Waals surface area contributed by atoms with Crippen molar-refractivity contribution in [3.05, 3.63) is 22.5 Å². The molecule has 0 bridgehead atoms. The summed E-state index contributed by atoms with van der Waals surface area (Å²) in [5.74, 6) is 1.02. The van der Waals surface area contributed by atoms with E-state index in [9.17, 15) is 9.59 Å². The third kappa shape index (κ3) is 3.75. The Labute approximate surface area is 163 Å². The number of ether oxygens (including phenoxy) is 3. The average molecular weight is 390 g/mol. The van der Waals surface area contributed by atoms with Crippen LogP contribution in [0.4, 0.5) is 5.95 Å². The minimum atomic E-state index is -0.168. The maximum Gasteiger partial charge on any atom is 0.263 e. The molecule has 28 heavy (non-hydrogen) atoms. The van der Waals surface area contributed by atoms with Crippen molar-refractivity contribution < 1.29 is 19.0 Å². The average Bonchev–Trinajstić information content (AvgIpc) is 2.71. The molecule has 9 heteroatoms. The van der Waals surface area contributed by atoms with E-state index in [4.69, 9.17) is 14.2 Å². The fourth-order valence-electron chi connectivity index (χ4n) is 3.23. The number of benzene rings is 1. The highest BCUT2D eigenvalue weighted by Crippen LogP contribution is 2.34. The van der Waals surface area contributed by atoms with E-state index in [1.54, 1.807) is 28.6 Å². The van der Waals surface area contributed by atoms with Gasteiger partial charge in [0.25, 0.3) is 11.5 Å². The highest BCUT2D eigenvalue weighted by molar-refractivity contribution is 5.88. The van der Waals surface area contributed by atoms with Crippen LogP contribution in [0.15, 0.2) is 16.9 Å². The molecule has 1 aliphatic heterocycles. The minimum absolute atomic E-state index is 0.0556. The normalized spacial score (nSPS) is 14.4. The zero-order valence-corrected chi connectivity index (χ0v) is 16.7. The molecule has 9 nitrogen and oxygen atoms in total. The molecular formula is C19H26N4O5. The molecule has 0 aliphatic carbocycles. The fourth-order valence-corrected chi connectivity index (χ4v) is 3.23. The summed E-state index contributed by atoms with van der Waals surface area (Å²) < 4.78 is 18.0. The Morgan fingerprint density at radius 3 is 2.64 bits per heavy atom. The Hall–Kier alpha value is -2.81. The summed E-state index contributed by atoms with van der Waals surface area (Å²) in [5, 5.41) is 3.38. The monoisotopic (exact) mass is 390 g/mol. The van der Waals surface area contributed by atoms with Gasteiger partial charge in [-0.25, -0.2) is 4.98 Å². The number of hydrogen-bond donors (Lipinski definition) is 1. The van der Waals surface area contributed by atoms with Gasteiger partial charge in [0.15, 0.2) is 18.1 Å². The number of fused-ring (bicyclic) bond motifs is 1. The number of methoxy groups -OCH3 is 1. The first-order chi connectivity index (χ1) is 13.5. The van der Waals surface area contributed by atoms with Crippen LogP contribution in [0.5, 0.6) is 11.5 Å². The molecule has 1 amide bonds. The molecular weight excluding hydrogens is 364 g/mol. The largest absolute Gasteiger partial charge is 0.491 e. The Balaban J connectivity index is 1.94. The number of carbonyl (C=O) groups excluding carboxylic acids is 1. The highest BCUT2D eigenvalue weighted by Gasteiger charge is 2.21. The zero-order valence-electron chi connectivity index (χ0n) is 16.7. The van der Waals surface area contributed by atoms with E-state index >= 15 is 0 Å². The second kappa shape index (κ2) is 8.47. The molecule has 1 fully saturated rings. The molecule has 1 aromatic heterocycles. The lowest BCUT2D eigenvalue weighted by molar-refractivity contribution is -0.137. The Bertz CT molecular complexity index is 919. The molecule has 0 saturated carbocycles. The van der Waals surface area contributed by atoms with E-state index in [0.29, 0.717) is 54.7 Å². The highest BCUT2D eigenvalue weighted by atomic mass is 16.5. The van der Waals surface area contributed by atoms with Crippen LogP contribution in [0.3, 0.4) is 0 Å². The number of hydrogen-bond acceptors (Lipinski definition) is 7. The van der Waals surface area contributed by atoms with Gasteiger partial charge in [0.1, 0.15) is 5.52 Å². The van der Waals surface area contributed by atoms with Crippen molar-refractivity contribution >= 4 is 22.8 Å². The molecule has 0 radical (unpaired) electrons. The lowest BCUT2D eigenvalue weighted by Crippen LogP contribution is -2.43. The van der Waals surface area contributed by atoms with Gasteiger partial charge in [-0.3, -0.25) is 14.2 Å². The quantitative estimate of drug-likeness (QED) is 0.793. The van der Waals surface area contributed by atoms with Gasteiger partial charge < -0.3 is 24.4 Å². The second-order valence-electron chi connectivity index (χ2n) is 6.73. The smallest absolute Gasteiger partial charge is 0.263 e. The molecule has 0 spiro atoms. The van der Waals surface area contributed by atoms with Crippen LogP contribution in [0.2, 0.25) is 0 Å².